The van der Waals surface area contributed by atoms with Gasteiger partial charge in [-0.1, -0.05) is 45.4 Å². The van der Waals surface area contributed by atoms with E-state index in [1.165, 1.54) is 4.68 Å². The number of hydrogen-bond acceptors (Lipinski definition) is 3. The number of hydrogen-bond donors (Lipinski definition) is 0. The highest BCUT2D eigenvalue weighted by molar-refractivity contribution is 9.10. The van der Waals surface area contributed by atoms with Crippen molar-refractivity contribution >= 4 is 32.9 Å². The molecule has 4 nitrogen and oxygen atoms in total. The maximum absolute atomic E-state index is 12.2. The molecule has 0 bridgehead atoms. The van der Waals surface area contributed by atoms with Crippen LogP contribution in [0.5, 0.6) is 0 Å². The molecule has 1 heterocycles. The number of aromatic nitrogens is 3. The van der Waals surface area contributed by atoms with Crippen molar-refractivity contribution in [2.75, 3.05) is 0 Å². The highest BCUT2D eigenvalue weighted by Crippen LogP contribution is 2.14. The molecule has 0 aliphatic rings. The summed E-state index contributed by atoms with van der Waals surface area (Å²) in [5, 5.41) is 7.93. The topological polar surface area (TPSA) is 47.8 Å². The third-order valence-electron chi connectivity index (χ3n) is 3.10. The van der Waals surface area contributed by atoms with Gasteiger partial charge in [-0.15, -0.1) is 5.10 Å². The lowest BCUT2D eigenvalue weighted by Gasteiger charge is -2.02. The molecule has 3 rings (SSSR count). The predicted molar refractivity (Wildman–Crippen MR) is 80.6 cm³/mol. The van der Waals surface area contributed by atoms with Gasteiger partial charge in [-0.3, -0.25) is 4.79 Å². The molecule has 1 aromatic heterocycles. The van der Waals surface area contributed by atoms with E-state index < -0.39 is 0 Å². The van der Waals surface area contributed by atoms with Crippen LogP contribution in [-0.4, -0.2) is 20.9 Å². The van der Waals surface area contributed by atoms with Crippen LogP contribution in [0.4, 0.5) is 0 Å². The molecule has 0 spiro atoms. The summed E-state index contributed by atoms with van der Waals surface area (Å²) >= 11 is 3.43. The predicted octanol–water partition coefficient (Wildman–Crippen LogP) is 3.47. The summed E-state index contributed by atoms with van der Waals surface area (Å²) in [7, 11) is 0. The molecular weight excluding hydrogens is 318 g/mol. The van der Waals surface area contributed by atoms with Crippen LogP contribution in [0, 0.1) is 0 Å². The number of carbonyl (C=O) groups is 1. The average Bonchev–Trinajstić information content (AvgIpc) is 2.89. The summed E-state index contributed by atoms with van der Waals surface area (Å²) in [5.41, 5.74) is 2.62. The van der Waals surface area contributed by atoms with Crippen molar-refractivity contribution in [3.8, 4) is 0 Å². The van der Waals surface area contributed by atoms with E-state index in [2.05, 4.69) is 26.2 Å². The maximum Gasteiger partial charge on any atom is 0.249 e. The minimum absolute atomic E-state index is 0.0429. The molecule has 100 valence electrons. The van der Waals surface area contributed by atoms with Gasteiger partial charge >= 0.3 is 0 Å². The first kappa shape index (κ1) is 13.0. The summed E-state index contributed by atoms with van der Waals surface area (Å²) in [6.07, 6.45) is 1.09. The van der Waals surface area contributed by atoms with E-state index in [1.807, 2.05) is 48.5 Å². The number of carbonyl (C=O) groups excluding carboxylic acids is 1. The van der Waals surface area contributed by atoms with E-state index in [0.29, 0.717) is 12.8 Å². The third kappa shape index (κ3) is 2.63. The lowest BCUT2D eigenvalue weighted by atomic mass is 10.1. The molecule has 0 fully saturated rings. The van der Waals surface area contributed by atoms with E-state index in [1.54, 1.807) is 0 Å². The molecule has 0 amide bonds. The molecule has 3 aromatic rings. The van der Waals surface area contributed by atoms with E-state index in [9.17, 15) is 4.79 Å². The minimum atomic E-state index is -0.0429. The van der Waals surface area contributed by atoms with Crippen LogP contribution in [0.15, 0.2) is 53.0 Å². The Morgan fingerprint density at radius 3 is 2.85 bits per heavy atom. The molecule has 0 unspecified atom stereocenters. The van der Waals surface area contributed by atoms with Crippen molar-refractivity contribution in [1.29, 1.82) is 0 Å². The van der Waals surface area contributed by atoms with Crippen molar-refractivity contribution in [2.24, 2.45) is 0 Å². The number of fused-ring (bicyclic) bond motifs is 1. The number of para-hydroxylation sites is 1. The smallest absolute Gasteiger partial charge is 0.249 e. The second-order valence-corrected chi connectivity index (χ2v) is 5.43. The number of rotatable bonds is 3. The van der Waals surface area contributed by atoms with E-state index in [-0.39, 0.29) is 5.91 Å². The van der Waals surface area contributed by atoms with Crippen molar-refractivity contribution < 1.29 is 4.79 Å². The van der Waals surface area contributed by atoms with Crippen LogP contribution in [0.25, 0.3) is 11.0 Å². The Morgan fingerprint density at radius 1 is 1.15 bits per heavy atom. The summed E-state index contributed by atoms with van der Waals surface area (Å²) in [6.45, 7) is 0. The lowest BCUT2D eigenvalue weighted by Crippen LogP contribution is -2.13. The number of nitrogens with zero attached hydrogens (tertiary/aromatic N) is 3. The van der Waals surface area contributed by atoms with Gasteiger partial charge in [-0.2, -0.15) is 4.68 Å². The fraction of sp³-hybridized carbons (Fsp3) is 0.133. The summed E-state index contributed by atoms with van der Waals surface area (Å²) in [6, 6.07) is 15.4. The van der Waals surface area contributed by atoms with Gasteiger partial charge in [0.15, 0.2) is 0 Å². The molecule has 0 saturated heterocycles. The van der Waals surface area contributed by atoms with Crippen LogP contribution in [0.2, 0.25) is 0 Å². The van der Waals surface area contributed by atoms with E-state index in [0.717, 1.165) is 21.1 Å². The number of aryl methyl sites for hydroxylation is 1. The molecule has 20 heavy (non-hydrogen) atoms. The average molecular weight is 330 g/mol. The Morgan fingerprint density at radius 2 is 2.00 bits per heavy atom. The molecule has 0 aliphatic carbocycles. The third-order valence-corrected chi connectivity index (χ3v) is 3.60. The summed E-state index contributed by atoms with van der Waals surface area (Å²) in [4.78, 5) is 12.2. The molecule has 2 aromatic carbocycles. The van der Waals surface area contributed by atoms with Gasteiger partial charge in [0.05, 0.1) is 5.52 Å². The Kier molecular flexibility index (Phi) is 3.60. The molecule has 0 radical (unpaired) electrons. The normalized spacial score (nSPS) is 10.8. The van der Waals surface area contributed by atoms with Crippen LogP contribution < -0.4 is 0 Å². The minimum Gasteiger partial charge on any atom is -0.272 e. The fourth-order valence-corrected chi connectivity index (χ4v) is 2.55. The van der Waals surface area contributed by atoms with Crippen molar-refractivity contribution in [3.63, 3.8) is 0 Å². The van der Waals surface area contributed by atoms with Gasteiger partial charge in [0, 0.05) is 10.9 Å². The highest BCUT2D eigenvalue weighted by atomic mass is 79.9. The lowest BCUT2D eigenvalue weighted by molar-refractivity contribution is 0.0890. The van der Waals surface area contributed by atoms with Crippen LogP contribution in [0.3, 0.4) is 0 Å². The number of halogens is 1. The Bertz CT molecular complexity index is 766. The van der Waals surface area contributed by atoms with E-state index in [4.69, 9.17) is 0 Å². The fourth-order valence-electron chi connectivity index (χ4n) is 2.10. The van der Waals surface area contributed by atoms with Gasteiger partial charge in [0.25, 0.3) is 0 Å². The molecule has 0 atom stereocenters. The summed E-state index contributed by atoms with van der Waals surface area (Å²) < 4.78 is 2.40. The Labute approximate surface area is 124 Å². The van der Waals surface area contributed by atoms with Gasteiger partial charge in [-0.25, -0.2) is 0 Å². The SMILES string of the molecule is O=C(CCc1cccc(Br)c1)n1nnc2ccccc21. The quantitative estimate of drug-likeness (QED) is 0.739. The van der Waals surface area contributed by atoms with Crippen molar-refractivity contribution in [3.05, 3.63) is 58.6 Å². The Balaban J connectivity index is 1.76. The summed E-state index contributed by atoms with van der Waals surface area (Å²) in [5.74, 6) is -0.0429. The first-order valence-electron chi connectivity index (χ1n) is 6.32. The van der Waals surface area contributed by atoms with Crippen molar-refractivity contribution in [1.82, 2.24) is 15.0 Å². The number of benzene rings is 2. The van der Waals surface area contributed by atoms with Gasteiger partial charge in [0.2, 0.25) is 5.91 Å². The van der Waals surface area contributed by atoms with Crippen LogP contribution in [0.1, 0.15) is 16.8 Å². The molecule has 5 heteroatoms. The zero-order chi connectivity index (χ0) is 13.9. The van der Waals surface area contributed by atoms with Crippen LogP contribution >= 0.6 is 15.9 Å². The zero-order valence-corrected chi connectivity index (χ0v) is 12.2. The molecule has 0 saturated carbocycles. The standard InChI is InChI=1S/C15H12BrN3O/c16-12-5-3-4-11(10-12)8-9-15(20)19-14-7-2-1-6-13(14)17-18-19/h1-7,10H,8-9H2. The highest BCUT2D eigenvalue weighted by Gasteiger charge is 2.11. The maximum atomic E-state index is 12.2. The van der Waals surface area contributed by atoms with Gasteiger partial charge in [-0.05, 0) is 36.2 Å². The van der Waals surface area contributed by atoms with Gasteiger partial charge < -0.3 is 0 Å². The second kappa shape index (κ2) is 5.54. The van der Waals surface area contributed by atoms with Crippen LogP contribution in [-0.2, 0) is 6.42 Å². The zero-order valence-electron chi connectivity index (χ0n) is 10.7. The molecule has 0 aliphatic heterocycles. The monoisotopic (exact) mass is 329 g/mol. The van der Waals surface area contributed by atoms with Gasteiger partial charge in [0.1, 0.15) is 5.52 Å². The first-order valence-corrected chi connectivity index (χ1v) is 7.11. The first-order chi connectivity index (χ1) is 9.74. The molecular formula is C15H12BrN3O. The van der Waals surface area contributed by atoms with Crippen molar-refractivity contribution in [2.45, 2.75) is 12.8 Å². The van der Waals surface area contributed by atoms with E-state index >= 15 is 0 Å². The molecule has 0 N–H and O–H groups in total. The largest absolute Gasteiger partial charge is 0.272 e. The second-order valence-electron chi connectivity index (χ2n) is 4.51. The Hall–Kier alpha value is -2.01.